The first kappa shape index (κ1) is 15.0. The number of ether oxygens (including phenoxy) is 2. The third-order valence-corrected chi connectivity index (χ3v) is 3.68. The summed E-state index contributed by atoms with van der Waals surface area (Å²) in [5.41, 5.74) is 0.348. The Bertz CT molecular complexity index is 616. The molecule has 0 saturated heterocycles. The van der Waals surface area contributed by atoms with Crippen LogP contribution in [0.3, 0.4) is 0 Å². The van der Waals surface area contributed by atoms with E-state index in [1.807, 2.05) is 5.38 Å². The first-order valence-corrected chi connectivity index (χ1v) is 7.06. The first-order valence-electron chi connectivity index (χ1n) is 6.18. The van der Waals surface area contributed by atoms with Crippen molar-refractivity contribution in [1.29, 1.82) is 0 Å². The maximum Gasteiger partial charge on any atom is 0.296 e. The molecule has 2 aromatic rings. The van der Waals surface area contributed by atoms with E-state index in [1.165, 1.54) is 20.3 Å². The summed E-state index contributed by atoms with van der Waals surface area (Å²) in [6, 6.07) is 2.92. The molecule has 0 unspecified atom stereocenters. The Labute approximate surface area is 125 Å². The van der Waals surface area contributed by atoms with Gasteiger partial charge in [-0.25, -0.2) is 4.98 Å². The van der Waals surface area contributed by atoms with Gasteiger partial charge in [-0.3, -0.25) is 10.1 Å². The summed E-state index contributed by atoms with van der Waals surface area (Å²) in [5, 5.41) is 17.1. The lowest BCUT2D eigenvalue weighted by Gasteiger charge is -2.11. The normalized spacial score (nSPS) is 10.2. The fourth-order valence-electron chi connectivity index (χ4n) is 1.84. The Morgan fingerprint density at radius 2 is 2.05 bits per heavy atom. The number of methoxy groups -OCH3 is 2. The number of rotatable bonds is 7. The van der Waals surface area contributed by atoms with E-state index >= 15 is 0 Å². The van der Waals surface area contributed by atoms with Gasteiger partial charge in [0.25, 0.3) is 5.69 Å². The number of nitro benzene ring substituents is 1. The van der Waals surface area contributed by atoms with Crippen molar-refractivity contribution in [3.63, 3.8) is 0 Å². The van der Waals surface area contributed by atoms with Crippen molar-refractivity contribution < 1.29 is 14.4 Å². The summed E-state index contributed by atoms with van der Waals surface area (Å²) in [4.78, 5) is 14.9. The molecule has 7 nitrogen and oxygen atoms in total. The van der Waals surface area contributed by atoms with Crippen molar-refractivity contribution in [3.8, 4) is 11.5 Å². The van der Waals surface area contributed by atoms with E-state index in [4.69, 9.17) is 9.47 Å². The van der Waals surface area contributed by atoms with Crippen LogP contribution in [-0.2, 0) is 6.42 Å². The van der Waals surface area contributed by atoms with Crippen LogP contribution in [0.15, 0.2) is 23.7 Å². The lowest BCUT2D eigenvalue weighted by molar-refractivity contribution is -0.384. The lowest BCUT2D eigenvalue weighted by Crippen LogP contribution is -2.07. The molecule has 0 radical (unpaired) electrons. The van der Waals surface area contributed by atoms with Crippen LogP contribution in [-0.4, -0.2) is 30.7 Å². The zero-order valence-corrected chi connectivity index (χ0v) is 12.5. The Morgan fingerprint density at radius 1 is 1.33 bits per heavy atom. The third kappa shape index (κ3) is 3.60. The molecule has 0 aliphatic heterocycles. The number of aromatic nitrogens is 1. The van der Waals surface area contributed by atoms with Gasteiger partial charge in [-0.05, 0) is 0 Å². The summed E-state index contributed by atoms with van der Waals surface area (Å²) in [5.74, 6) is 0.773. The summed E-state index contributed by atoms with van der Waals surface area (Å²) in [6.45, 7) is 0.545. The van der Waals surface area contributed by atoms with Crippen LogP contribution in [0, 0.1) is 10.1 Å². The molecule has 8 heteroatoms. The molecule has 0 saturated carbocycles. The quantitative estimate of drug-likeness (QED) is 0.625. The van der Waals surface area contributed by atoms with Gasteiger partial charge in [0, 0.05) is 30.6 Å². The number of benzene rings is 1. The van der Waals surface area contributed by atoms with Crippen molar-refractivity contribution in [1.82, 2.24) is 4.98 Å². The van der Waals surface area contributed by atoms with E-state index in [0.29, 0.717) is 30.2 Å². The second-order valence-electron chi connectivity index (χ2n) is 4.08. The predicted molar refractivity (Wildman–Crippen MR) is 80.5 cm³/mol. The molecule has 0 aliphatic rings. The highest BCUT2D eigenvalue weighted by atomic mass is 32.1. The van der Waals surface area contributed by atoms with E-state index in [1.54, 1.807) is 23.6 Å². The van der Waals surface area contributed by atoms with Crippen LogP contribution in [0.2, 0.25) is 0 Å². The second kappa shape index (κ2) is 6.89. The van der Waals surface area contributed by atoms with Crippen molar-refractivity contribution in [2.75, 3.05) is 26.1 Å². The highest BCUT2D eigenvalue weighted by Gasteiger charge is 2.19. The number of nitrogens with zero attached hydrogens (tertiary/aromatic N) is 2. The highest BCUT2D eigenvalue weighted by Crippen LogP contribution is 2.37. The van der Waals surface area contributed by atoms with Crippen LogP contribution >= 0.6 is 11.3 Å². The summed E-state index contributed by atoms with van der Waals surface area (Å²) < 4.78 is 10.2. The topological polar surface area (TPSA) is 86.5 Å². The molecule has 1 aromatic heterocycles. The largest absolute Gasteiger partial charge is 0.493 e. The Balaban J connectivity index is 2.17. The first-order chi connectivity index (χ1) is 10.2. The van der Waals surface area contributed by atoms with Crippen molar-refractivity contribution in [2.45, 2.75) is 6.42 Å². The molecule has 0 bridgehead atoms. The monoisotopic (exact) mass is 309 g/mol. The molecule has 21 heavy (non-hydrogen) atoms. The van der Waals surface area contributed by atoms with Gasteiger partial charge in [0.15, 0.2) is 11.5 Å². The molecular formula is C13H15N3O4S. The fraction of sp³-hybridized carbons (Fsp3) is 0.308. The molecule has 0 fully saturated rings. The summed E-state index contributed by atoms with van der Waals surface area (Å²) in [7, 11) is 2.93. The van der Waals surface area contributed by atoms with Crippen LogP contribution in [0.4, 0.5) is 11.4 Å². The lowest BCUT2D eigenvalue weighted by atomic mass is 10.2. The zero-order chi connectivity index (χ0) is 15.2. The average Bonchev–Trinajstić information content (AvgIpc) is 2.99. The third-order valence-electron chi connectivity index (χ3n) is 2.84. The van der Waals surface area contributed by atoms with Gasteiger partial charge in [0.1, 0.15) is 5.69 Å². The highest BCUT2D eigenvalue weighted by molar-refractivity contribution is 7.09. The van der Waals surface area contributed by atoms with E-state index in [9.17, 15) is 10.1 Å². The molecule has 1 aromatic carbocycles. The Morgan fingerprint density at radius 3 is 2.62 bits per heavy atom. The minimum atomic E-state index is -0.451. The number of anilines is 1. The van der Waals surface area contributed by atoms with Crippen molar-refractivity contribution >= 4 is 22.7 Å². The van der Waals surface area contributed by atoms with Gasteiger partial charge in [-0.1, -0.05) is 0 Å². The molecule has 0 amide bonds. The van der Waals surface area contributed by atoms with Gasteiger partial charge in [0.2, 0.25) is 0 Å². The fourth-order valence-corrected chi connectivity index (χ4v) is 2.46. The van der Waals surface area contributed by atoms with Crippen LogP contribution in [0.25, 0.3) is 0 Å². The van der Waals surface area contributed by atoms with Gasteiger partial charge in [-0.15, -0.1) is 11.3 Å². The SMILES string of the molecule is COc1cc(NCCc2nccs2)c([N+](=O)[O-])cc1OC. The van der Waals surface area contributed by atoms with E-state index < -0.39 is 4.92 Å². The number of hydrogen-bond donors (Lipinski definition) is 1. The summed E-state index contributed by atoms with van der Waals surface area (Å²) >= 11 is 1.55. The molecular weight excluding hydrogens is 294 g/mol. The maximum atomic E-state index is 11.1. The predicted octanol–water partition coefficient (Wildman–Crippen LogP) is 2.72. The van der Waals surface area contributed by atoms with Crippen LogP contribution < -0.4 is 14.8 Å². The summed E-state index contributed by atoms with van der Waals surface area (Å²) in [6.07, 6.45) is 2.43. The molecule has 0 atom stereocenters. The zero-order valence-electron chi connectivity index (χ0n) is 11.7. The number of nitrogens with one attached hydrogen (secondary N) is 1. The van der Waals surface area contributed by atoms with E-state index in [-0.39, 0.29) is 5.69 Å². The van der Waals surface area contributed by atoms with Crippen molar-refractivity contribution in [3.05, 3.63) is 38.8 Å². The van der Waals surface area contributed by atoms with Gasteiger partial charge in [-0.2, -0.15) is 0 Å². The average molecular weight is 309 g/mol. The second-order valence-corrected chi connectivity index (χ2v) is 5.06. The van der Waals surface area contributed by atoms with Gasteiger partial charge < -0.3 is 14.8 Å². The maximum absolute atomic E-state index is 11.1. The molecule has 1 heterocycles. The smallest absolute Gasteiger partial charge is 0.296 e. The molecule has 112 valence electrons. The molecule has 1 N–H and O–H groups in total. The number of hydrogen-bond acceptors (Lipinski definition) is 7. The van der Waals surface area contributed by atoms with Crippen LogP contribution in [0.5, 0.6) is 11.5 Å². The molecule has 0 aliphatic carbocycles. The van der Waals surface area contributed by atoms with E-state index in [2.05, 4.69) is 10.3 Å². The molecule has 2 rings (SSSR count). The van der Waals surface area contributed by atoms with E-state index in [0.717, 1.165) is 5.01 Å². The van der Waals surface area contributed by atoms with Gasteiger partial charge in [0.05, 0.1) is 30.2 Å². The standard InChI is InChI=1S/C13H15N3O4S/c1-19-11-7-9(10(16(17)18)8-12(11)20-2)14-4-3-13-15-5-6-21-13/h5-8,14H,3-4H2,1-2H3. The minimum absolute atomic E-state index is 0.0493. The Kier molecular flexibility index (Phi) is 4.94. The number of thiazole rings is 1. The number of nitro groups is 1. The van der Waals surface area contributed by atoms with Crippen molar-refractivity contribution in [2.24, 2.45) is 0 Å². The molecule has 0 spiro atoms. The van der Waals surface area contributed by atoms with Gasteiger partial charge >= 0.3 is 0 Å². The Hall–Kier alpha value is -2.35. The van der Waals surface area contributed by atoms with Crippen LogP contribution in [0.1, 0.15) is 5.01 Å². The minimum Gasteiger partial charge on any atom is -0.493 e.